The Morgan fingerprint density at radius 3 is 2.76 bits per heavy atom. The lowest BCUT2D eigenvalue weighted by Crippen LogP contribution is -2.31. The van der Waals surface area contributed by atoms with Crippen LogP contribution in [0.4, 0.5) is 5.69 Å². The van der Waals surface area contributed by atoms with Gasteiger partial charge in [0.05, 0.1) is 11.5 Å². The quantitative estimate of drug-likeness (QED) is 0.605. The fourth-order valence-corrected chi connectivity index (χ4v) is 1.38. The number of nitro groups is 1. The normalized spacial score (nSPS) is 11.6. The first-order valence-electron chi connectivity index (χ1n) is 5.25. The molecule has 0 aliphatic heterocycles. The Morgan fingerprint density at radius 1 is 1.53 bits per heavy atom. The van der Waals surface area contributed by atoms with E-state index in [1.807, 2.05) is 13.0 Å². The SMILES string of the molecule is CCC(CO)NCc1cccc([N+](=O)[O-])c1.Cl. The number of hydrogen-bond acceptors (Lipinski definition) is 4. The van der Waals surface area contributed by atoms with Crippen LogP contribution in [-0.2, 0) is 6.54 Å². The molecule has 6 heteroatoms. The number of hydrogen-bond donors (Lipinski definition) is 2. The fourth-order valence-electron chi connectivity index (χ4n) is 1.38. The lowest BCUT2D eigenvalue weighted by Gasteiger charge is -2.13. The Labute approximate surface area is 106 Å². The number of aliphatic hydroxyl groups excluding tert-OH is 1. The first-order chi connectivity index (χ1) is 7.67. The van der Waals surface area contributed by atoms with Gasteiger partial charge in [0.15, 0.2) is 0 Å². The van der Waals surface area contributed by atoms with Gasteiger partial charge in [-0.05, 0) is 12.0 Å². The molecule has 0 heterocycles. The summed E-state index contributed by atoms with van der Waals surface area (Å²) in [6.45, 7) is 2.58. The van der Waals surface area contributed by atoms with Gasteiger partial charge in [-0.1, -0.05) is 19.1 Å². The summed E-state index contributed by atoms with van der Waals surface area (Å²) in [6.07, 6.45) is 0.825. The van der Waals surface area contributed by atoms with Crippen LogP contribution < -0.4 is 5.32 Å². The van der Waals surface area contributed by atoms with Crippen LogP contribution in [0.3, 0.4) is 0 Å². The van der Waals surface area contributed by atoms with Crippen molar-refractivity contribution in [3.05, 3.63) is 39.9 Å². The number of nitro benzene ring substituents is 1. The molecule has 0 radical (unpaired) electrons. The third kappa shape index (κ3) is 5.12. The Balaban J connectivity index is 0.00000256. The van der Waals surface area contributed by atoms with Gasteiger partial charge in [-0.2, -0.15) is 0 Å². The summed E-state index contributed by atoms with van der Waals surface area (Å²) in [6, 6.07) is 6.53. The van der Waals surface area contributed by atoms with Gasteiger partial charge >= 0.3 is 0 Å². The van der Waals surface area contributed by atoms with Crippen molar-refractivity contribution in [3.8, 4) is 0 Å². The van der Waals surface area contributed by atoms with Crippen LogP contribution in [0.1, 0.15) is 18.9 Å². The smallest absolute Gasteiger partial charge is 0.269 e. The highest BCUT2D eigenvalue weighted by molar-refractivity contribution is 5.85. The van der Waals surface area contributed by atoms with Crippen molar-refractivity contribution >= 4 is 18.1 Å². The number of nitrogens with one attached hydrogen (secondary N) is 1. The molecule has 0 aromatic heterocycles. The predicted octanol–water partition coefficient (Wildman–Crippen LogP) is 1.88. The number of benzene rings is 1. The lowest BCUT2D eigenvalue weighted by atomic mass is 10.1. The Morgan fingerprint density at radius 2 is 2.24 bits per heavy atom. The molecule has 0 fully saturated rings. The summed E-state index contributed by atoms with van der Waals surface area (Å²) in [4.78, 5) is 10.1. The van der Waals surface area contributed by atoms with Crippen molar-refractivity contribution < 1.29 is 10.0 Å². The van der Waals surface area contributed by atoms with Crippen LogP contribution in [0.2, 0.25) is 0 Å². The number of rotatable bonds is 6. The van der Waals surface area contributed by atoms with Crippen molar-refractivity contribution in [2.75, 3.05) is 6.61 Å². The van der Waals surface area contributed by atoms with Crippen LogP contribution in [0.15, 0.2) is 24.3 Å². The summed E-state index contributed by atoms with van der Waals surface area (Å²) < 4.78 is 0. The zero-order chi connectivity index (χ0) is 12.0. The van der Waals surface area contributed by atoms with E-state index in [0.29, 0.717) is 6.54 Å². The van der Waals surface area contributed by atoms with E-state index in [1.165, 1.54) is 12.1 Å². The van der Waals surface area contributed by atoms with Gasteiger partial charge in [0.1, 0.15) is 0 Å². The zero-order valence-corrected chi connectivity index (χ0v) is 10.4. The molecule has 0 saturated carbocycles. The Bertz CT molecular complexity index is 356. The molecule has 17 heavy (non-hydrogen) atoms. The van der Waals surface area contributed by atoms with Gasteiger partial charge in [0.2, 0.25) is 0 Å². The molecule has 1 rings (SSSR count). The molecular formula is C11H17ClN2O3. The average molecular weight is 261 g/mol. The van der Waals surface area contributed by atoms with E-state index in [9.17, 15) is 10.1 Å². The standard InChI is InChI=1S/C11H16N2O3.ClH/c1-2-10(8-14)12-7-9-4-3-5-11(6-9)13(15)16;/h3-6,10,12,14H,2,7-8H2,1H3;1H. The maximum Gasteiger partial charge on any atom is 0.269 e. The minimum Gasteiger partial charge on any atom is -0.395 e. The molecule has 0 aliphatic carbocycles. The maximum atomic E-state index is 10.5. The van der Waals surface area contributed by atoms with E-state index in [-0.39, 0.29) is 30.7 Å². The highest BCUT2D eigenvalue weighted by Crippen LogP contribution is 2.12. The van der Waals surface area contributed by atoms with Gasteiger partial charge in [0.25, 0.3) is 5.69 Å². The highest BCUT2D eigenvalue weighted by Gasteiger charge is 2.07. The third-order valence-electron chi connectivity index (χ3n) is 2.43. The zero-order valence-electron chi connectivity index (χ0n) is 9.63. The predicted molar refractivity (Wildman–Crippen MR) is 68.3 cm³/mol. The number of nitrogens with zero attached hydrogens (tertiary/aromatic N) is 1. The van der Waals surface area contributed by atoms with Gasteiger partial charge in [-0.3, -0.25) is 10.1 Å². The van der Waals surface area contributed by atoms with Crippen LogP contribution >= 0.6 is 12.4 Å². The second kappa shape index (κ2) is 8.00. The van der Waals surface area contributed by atoms with Crippen LogP contribution in [0.25, 0.3) is 0 Å². The minimum atomic E-state index is -0.410. The second-order valence-corrected chi connectivity index (χ2v) is 3.60. The Hall–Kier alpha value is -1.17. The second-order valence-electron chi connectivity index (χ2n) is 3.60. The lowest BCUT2D eigenvalue weighted by molar-refractivity contribution is -0.384. The Kier molecular flexibility index (Phi) is 7.45. The number of halogens is 1. The summed E-state index contributed by atoms with van der Waals surface area (Å²) in [7, 11) is 0. The summed E-state index contributed by atoms with van der Waals surface area (Å²) in [5.41, 5.74) is 0.942. The van der Waals surface area contributed by atoms with Crippen molar-refractivity contribution in [2.45, 2.75) is 25.9 Å². The topological polar surface area (TPSA) is 75.4 Å². The molecule has 0 spiro atoms. The highest BCUT2D eigenvalue weighted by atomic mass is 35.5. The molecule has 5 nitrogen and oxygen atoms in total. The van der Waals surface area contributed by atoms with Gasteiger partial charge in [0, 0.05) is 24.7 Å². The number of non-ortho nitro benzene ring substituents is 1. The molecule has 96 valence electrons. The van der Waals surface area contributed by atoms with Gasteiger partial charge < -0.3 is 10.4 Å². The van der Waals surface area contributed by atoms with Crippen molar-refractivity contribution in [1.29, 1.82) is 0 Å². The van der Waals surface area contributed by atoms with E-state index < -0.39 is 4.92 Å². The fraction of sp³-hybridized carbons (Fsp3) is 0.455. The molecule has 0 aliphatic rings. The summed E-state index contributed by atoms with van der Waals surface area (Å²) in [5.74, 6) is 0. The molecule has 1 atom stereocenters. The molecule has 0 amide bonds. The van der Waals surface area contributed by atoms with Gasteiger partial charge in [-0.15, -0.1) is 12.4 Å². The maximum absolute atomic E-state index is 10.5. The van der Waals surface area contributed by atoms with Crippen LogP contribution in [0.5, 0.6) is 0 Å². The molecule has 0 saturated heterocycles. The number of aliphatic hydroxyl groups is 1. The summed E-state index contributed by atoms with van der Waals surface area (Å²) >= 11 is 0. The molecule has 1 aromatic carbocycles. The molecule has 1 aromatic rings. The minimum absolute atomic E-state index is 0. The van der Waals surface area contributed by atoms with Gasteiger partial charge in [-0.25, -0.2) is 0 Å². The van der Waals surface area contributed by atoms with Crippen LogP contribution in [-0.4, -0.2) is 22.7 Å². The van der Waals surface area contributed by atoms with Crippen molar-refractivity contribution in [2.24, 2.45) is 0 Å². The first kappa shape index (κ1) is 15.8. The van der Waals surface area contributed by atoms with Crippen LogP contribution in [0, 0.1) is 10.1 Å². The first-order valence-corrected chi connectivity index (χ1v) is 5.25. The van der Waals surface area contributed by atoms with E-state index in [1.54, 1.807) is 6.07 Å². The van der Waals surface area contributed by atoms with Crippen molar-refractivity contribution in [1.82, 2.24) is 5.32 Å². The molecule has 2 N–H and O–H groups in total. The van der Waals surface area contributed by atoms with E-state index in [4.69, 9.17) is 5.11 Å². The average Bonchev–Trinajstić information content (AvgIpc) is 2.31. The van der Waals surface area contributed by atoms with E-state index in [0.717, 1.165) is 12.0 Å². The largest absolute Gasteiger partial charge is 0.395 e. The summed E-state index contributed by atoms with van der Waals surface area (Å²) in [5, 5.41) is 22.7. The monoisotopic (exact) mass is 260 g/mol. The van der Waals surface area contributed by atoms with Crippen molar-refractivity contribution in [3.63, 3.8) is 0 Å². The molecular weight excluding hydrogens is 244 g/mol. The van der Waals surface area contributed by atoms with E-state index >= 15 is 0 Å². The third-order valence-corrected chi connectivity index (χ3v) is 2.43. The molecule has 0 bridgehead atoms. The van der Waals surface area contributed by atoms with E-state index in [2.05, 4.69) is 5.32 Å². The molecule has 1 unspecified atom stereocenters.